The number of sulfonamides is 1. The van der Waals surface area contributed by atoms with Crippen molar-refractivity contribution in [1.29, 1.82) is 0 Å². The Balaban J connectivity index is 2.34. The van der Waals surface area contributed by atoms with Crippen molar-refractivity contribution < 1.29 is 21.6 Å². The van der Waals surface area contributed by atoms with Gasteiger partial charge in [-0.3, -0.25) is 0 Å². The van der Waals surface area contributed by atoms with Gasteiger partial charge in [0.1, 0.15) is 5.82 Å². The fraction of sp³-hybridized carbons (Fsp3) is 0.714. The van der Waals surface area contributed by atoms with Crippen LogP contribution in [-0.4, -0.2) is 40.3 Å². The van der Waals surface area contributed by atoms with E-state index in [9.17, 15) is 21.6 Å². The summed E-state index contributed by atoms with van der Waals surface area (Å²) >= 11 is 0. The molecule has 0 fully saturated rings. The maximum Gasteiger partial charge on any atom is 0.451 e. The molecule has 0 N–H and O–H groups in total. The van der Waals surface area contributed by atoms with Crippen molar-refractivity contribution in [3.63, 3.8) is 0 Å². The highest BCUT2D eigenvalue weighted by molar-refractivity contribution is 7.88. The van der Waals surface area contributed by atoms with Crippen molar-refractivity contribution in [1.82, 2.24) is 19.1 Å². The molecule has 17 heavy (non-hydrogen) atoms. The summed E-state index contributed by atoms with van der Waals surface area (Å²) in [5.41, 5.74) is 0. The molecule has 0 amide bonds. The number of hydrogen-bond donors (Lipinski definition) is 0. The van der Waals surface area contributed by atoms with Crippen LogP contribution in [0.15, 0.2) is 0 Å². The summed E-state index contributed by atoms with van der Waals surface area (Å²) in [5, 5.41) is 6.43. The van der Waals surface area contributed by atoms with E-state index in [1.807, 2.05) is 0 Å². The molecule has 1 aromatic heterocycles. The number of alkyl halides is 3. The molecule has 1 aliphatic heterocycles. The molecule has 0 spiro atoms. The number of nitrogens with zero attached hydrogens (tertiary/aromatic N) is 4. The van der Waals surface area contributed by atoms with Gasteiger partial charge in [0.05, 0.1) is 12.8 Å². The van der Waals surface area contributed by atoms with Crippen LogP contribution in [0.5, 0.6) is 0 Å². The highest BCUT2D eigenvalue weighted by Crippen LogP contribution is 2.29. The number of rotatable bonds is 1. The Bertz CT molecular complexity index is 536. The standard InChI is InChI=1S/C7H9F3N4O2S/c1-17(15,16)13-2-3-14-5(4-13)11-12-6(14)7(8,9)10/h2-4H2,1H3. The van der Waals surface area contributed by atoms with E-state index in [4.69, 9.17) is 0 Å². The van der Waals surface area contributed by atoms with Crippen molar-refractivity contribution in [2.75, 3.05) is 12.8 Å². The first-order valence-electron chi connectivity index (χ1n) is 4.64. The summed E-state index contributed by atoms with van der Waals surface area (Å²) in [6, 6.07) is 0. The molecule has 2 heterocycles. The van der Waals surface area contributed by atoms with Crippen molar-refractivity contribution >= 4 is 10.0 Å². The molecule has 0 bridgehead atoms. The minimum absolute atomic E-state index is 0.00699. The lowest BCUT2D eigenvalue weighted by Crippen LogP contribution is -2.38. The van der Waals surface area contributed by atoms with Gasteiger partial charge in [0.25, 0.3) is 0 Å². The third-order valence-electron chi connectivity index (χ3n) is 2.44. The normalized spacial score (nSPS) is 18.1. The van der Waals surface area contributed by atoms with Crippen LogP contribution in [0.4, 0.5) is 13.2 Å². The van der Waals surface area contributed by atoms with Gasteiger partial charge < -0.3 is 4.57 Å². The zero-order chi connectivity index (χ0) is 12.8. The molecule has 6 nitrogen and oxygen atoms in total. The van der Waals surface area contributed by atoms with Gasteiger partial charge in [-0.05, 0) is 0 Å². The van der Waals surface area contributed by atoms with E-state index in [0.29, 0.717) is 0 Å². The van der Waals surface area contributed by atoms with Crippen LogP contribution in [0.1, 0.15) is 11.6 Å². The molecule has 0 atom stereocenters. The summed E-state index contributed by atoms with van der Waals surface area (Å²) in [6.07, 6.45) is -3.57. The van der Waals surface area contributed by atoms with E-state index in [1.54, 1.807) is 0 Å². The van der Waals surface area contributed by atoms with E-state index in [-0.39, 0.29) is 25.5 Å². The molecule has 0 aliphatic carbocycles. The molecule has 10 heteroatoms. The van der Waals surface area contributed by atoms with E-state index in [1.165, 1.54) is 0 Å². The second kappa shape index (κ2) is 3.67. The number of hydrogen-bond acceptors (Lipinski definition) is 4. The molecule has 2 rings (SSSR count). The Hall–Kier alpha value is -1.16. The van der Waals surface area contributed by atoms with Gasteiger partial charge in [-0.2, -0.15) is 17.5 Å². The van der Waals surface area contributed by atoms with Crippen molar-refractivity contribution in [2.45, 2.75) is 19.3 Å². The largest absolute Gasteiger partial charge is 0.451 e. The lowest BCUT2D eigenvalue weighted by atomic mass is 10.4. The highest BCUT2D eigenvalue weighted by atomic mass is 32.2. The Kier molecular flexibility index (Phi) is 2.65. The van der Waals surface area contributed by atoms with E-state index in [2.05, 4.69) is 10.2 Å². The molecule has 0 aromatic carbocycles. The SMILES string of the molecule is CS(=O)(=O)N1CCn2c(nnc2C(F)(F)F)C1. The first-order chi connectivity index (χ1) is 7.69. The van der Waals surface area contributed by atoms with E-state index in [0.717, 1.165) is 15.1 Å². The Morgan fingerprint density at radius 3 is 2.41 bits per heavy atom. The summed E-state index contributed by atoms with van der Waals surface area (Å²) in [4.78, 5) is 0. The minimum atomic E-state index is -4.57. The summed E-state index contributed by atoms with van der Waals surface area (Å²) in [6.45, 7) is -0.279. The first-order valence-corrected chi connectivity index (χ1v) is 6.49. The molecule has 0 saturated heterocycles. The number of halogens is 3. The van der Waals surface area contributed by atoms with Crippen LogP contribution >= 0.6 is 0 Å². The van der Waals surface area contributed by atoms with Gasteiger partial charge >= 0.3 is 6.18 Å². The van der Waals surface area contributed by atoms with Crippen LogP contribution in [0, 0.1) is 0 Å². The molecular weight excluding hydrogens is 261 g/mol. The predicted molar refractivity (Wildman–Crippen MR) is 50.3 cm³/mol. The fourth-order valence-corrected chi connectivity index (χ4v) is 2.39. The average molecular weight is 270 g/mol. The molecule has 1 aliphatic rings. The maximum absolute atomic E-state index is 12.5. The third kappa shape index (κ3) is 2.27. The van der Waals surface area contributed by atoms with Gasteiger partial charge in [0.2, 0.25) is 15.8 Å². The van der Waals surface area contributed by atoms with Gasteiger partial charge in [0, 0.05) is 13.1 Å². The van der Waals surface area contributed by atoms with Crippen LogP contribution < -0.4 is 0 Å². The number of aromatic nitrogens is 3. The third-order valence-corrected chi connectivity index (χ3v) is 3.69. The average Bonchev–Trinajstić information content (AvgIpc) is 2.57. The van der Waals surface area contributed by atoms with Crippen molar-refractivity contribution in [3.05, 3.63) is 11.6 Å². The van der Waals surface area contributed by atoms with Gasteiger partial charge in [0.15, 0.2) is 0 Å². The molecule has 0 saturated carbocycles. The number of fused-ring (bicyclic) bond motifs is 1. The fourth-order valence-electron chi connectivity index (χ4n) is 1.63. The van der Waals surface area contributed by atoms with Crippen molar-refractivity contribution in [3.8, 4) is 0 Å². The zero-order valence-electron chi connectivity index (χ0n) is 8.77. The molecule has 0 unspecified atom stereocenters. The Labute approximate surface area is 95.1 Å². The maximum atomic E-state index is 12.5. The minimum Gasteiger partial charge on any atom is -0.305 e. The first kappa shape index (κ1) is 12.3. The topological polar surface area (TPSA) is 68.1 Å². The predicted octanol–water partition coefficient (Wildman–Crippen LogP) is 0.0721. The summed E-state index contributed by atoms with van der Waals surface area (Å²) < 4.78 is 61.9. The van der Waals surface area contributed by atoms with E-state index < -0.39 is 22.0 Å². The van der Waals surface area contributed by atoms with Crippen LogP contribution in [0.2, 0.25) is 0 Å². The monoisotopic (exact) mass is 270 g/mol. The van der Waals surface area contributed by atoms with Crippen LogP contribution in [0.25, 0.3) is 0 Å². The second-order valence-corrected chi connectivity index (χ2v) is 5.67. The molecule has 0 radical (unpaired) electrons. The van der Waals surface area contributed by atoms with E-state index >= 15 is 0 Å². The van der Waals surface area contributed by atoms with Gasteiger partial charge in [-0.1, -0.05) is 0 Å². The van der Waals surface area contributed by atoms with Crippen LogP contribution in [-0.2, 0) is 29.3 Å². The van der Waals surface area contributed by atoms with Gasteiger partial charge in [-0.15, -0.1) is 10.2 Å². The quantitative estimate of drug-likeness (QED) is 0.724. The lowest BCUT2D eigenvalue weighted by molar-refractivity contribution is -0.147. The highest BCUT2D eigenvalue weighted by Gasteiger charge is 2.40. The van der Waals surface area contributed by atoms with Crippen LogP contribution in [0.3, 0.4) is 0 Å². The lowest BCUT2D eigenvalue weighted by Gasteiger charge is -2.25. The molecule has 1 aromatic rings. The Morgan fingerprint density at radius 1 is 1.24 bits per heavy atom. The van der Waals surface area contributed by atoms with Crippen molar-refractivity contribution in [2.24, 2.45) is 0 Å². The zero-order valence-corrected chi connectivity index (χ0v) is 9.59. The smallest absolute Gasteiger partial charge is 0.305 e. The molecule has 96 valence electrons. The van der Waals surface area contributed by atoms with Gasteiger partial charge in [-0.25, -0.2) is 8.42 Å². The molecular formula is C7H9F3N4O2S. The second-order valence-electron chi connectivity index (χ2n) is 3.69. The Morgan fingerprint density at radius 2 is 1.88 bits per heavy atom. The summed E-state index contributed by atoms with van der Waals surface area (Å²) in [5.74, 6) is -1.07. The summed E-state index contributed by atoms with van der Waals surface area (Å²) in [7, 11) is -3.42.